The molecule has 0 unspecified atom stereocenters. The zero-order chi connectivity index (χ0) is 16.8. The Balaban J connectivity index is 1.75. The van der Waals surface area contributed by atoms with Crippen molar-refractivity contribution < 1.29 is 18.9 Å². The normalized spacial score (nSPS) is 15.6. The molecule has 126 valence electrons. The quantitative estimate of drug-likeness (QED) is 0.717. The Kier molecular flexibility index (Phi) is 5.92. The van der Waals surface area contributed by atoms with Crippen molar-refractivity contribution in [3.8, 4) is 0 Å². The number of halogens is 1. The predicted octanol–water partition coefficient (Wildman–Crippen LogP) is -0.235. The summed E-state index contributed by atoms with van der Waals surface area (Å²) >= 11 is 0. The van der Waals surface area contributed by atoms with Crippen LogP contribution in [0.3, 0.4) is 0 Å². The molecule has 1 saturated heterocycles. The fraction of sp³-hybridized carbons (Fsp3) is 0.500. The summed E-state index contributed by atoms with van der Waals surface area (Å²) in [5, 5.41) is 4.97. The SMILES string of the molecule is CC(C)NC(=O)NC(=O)C[NH+]1CCN(c2ccc(F)cc2)CC1. The molecule has 6 nitrogen and oxygen atoms in total. The van der Waals surface area contributed by atoms with Crippen LogP contribution in [0.1, 0.15) is 13.8 Å². The molecule has 1 aliphatic heterocycles. The number of nitrogens with zero attached hydrogens (tertiary/aromatic N) is 1. The molecular weight excluding hydrogens is 299 g/mol. The summed E-state index contributed by atoms with van der Waals surface area (Å²) in [5.74, 6) is -0.511. The van der Waals surface area contributed by atoms with E-state index < -0.39 is 6.03 Å². The molecule has 1 aromatic carbocycles. The first-order valence-corrected chi connectivity index (χ1v) is 7.88. The van der Waals surface area contributed by atoms with Crippen LogP contribution in [0.2, 0.25) is 0 Å². The second-order valence-electron chi connectivity index (χ2n) is 6.07. The third-order valence-electron chi connectivity index (χ3n) is 3.75. The summed E-state index contributed by atoms with van der Waals surface area (Å²) in [6.07, 6.45) is 0. The van der Waals surface area contributed by atoms with E-state index in [4.69, 9.17) is 0 Å². The maximum atomic E-state index is 12.9. The lowest BCUT2D eigenvalue weighted by Crippen LogP contribution is -3.16. The summed E-state index contributed by atoms with van der Waals surface area (Å²) < 4.78 is 12.9. The average Bonchev–Trinajstić information content (AvgIpc) is 2.48. The summed E-state index contributed by atoms with van der Waals surface area (Å²) in [7, 11) is 0. The van der Waals surface area contributed by atoms with Gasteiger partial charge in [-0.25, -0.2) is 9.18 Å². The third kappa shape index (κ3) is 5.52. The number of anilines is 1. The maximum Gasteiger partial charge on any atom is 0.321 e. The van der Waals surface area contributed by atoms with Crippen molar-refractivity contribution in [2.45, 2.75) is 19.9 Å². The number of urea groups is 1. The average molecular weight is 323 g/mol. The van der Waals surface area contributed by atoms with E-state index in [9.17, 15) is 14.0 Å². The van der Waals surface area contributed by atoms with Gasteiger partial charge in [-0.2, -0.15) is 0 Å². The van der Waals surface area contributed by atoms with E-state index in [0.29, 0.717) is 0 Å². The number of benzene rings is 1. The predicted molar refractivity (Wildman–Crippen MR) is 86.0 cm³/mol. The number of amides is 3. The number of quaternary nitrogens is 1. The number of hydrogen-bond donors (Lipinski definition) is 3. The van der Waals surface area contributed by atoms with E-state index in [1.54, 1.807) is 12.1 Å². The first-order chi connectivity index (χ1) is 10.9. The van der Waals surface area contributed by atoms with Crippen molar-refractivity contribution in [3.63, 3.8) is 0 Å². The highest BCUT2D eigenvalue weighted by Crippen LogP contribution is 2.14. The molecule has 23 heavy (non-hydrogen) atoms. The highest BCUT2D eigenvalue weighted by atomic mass is 19.1. The Morgan fingerprint density at radius 3 is 2.39 bits per heavy atom. The number of rotatable bonds is 4. The van der Waals surface area contributed by atoms with Crippen LogP contribution in [0.15, 0.2) is 24.3 Å². The lowest BCUT2D eigenvalue weighted by atomic mass is 10.2. The van der Waals surface area contributed by atoms with Gasteiger partial charge in [-0.15, -0.1) is 0 Å². The highest BCUT2D eigenvalue weighted by molar-refractivity contribution is 5.94. The fourth-order valence-electron chi connectivity index (χ4n) is 2.61. The molecule has 0 saturated carbocycles. The molecule has 2 rings (SSSR count). The molecule has 1 aliphatic rings. The van der Waals surface area contributed by atoms with Gasteiger partial charge in [0.25, 0.3) is 5.91 Å². The molecule has 0 bridgehead atoms. The first kappa shape index (κ1) is 17.2. The van der Waals surface area contributed by atoms with Crippen molar-refractivity contribution in [2.24, 2.45) is 0 Å². The standard InChI is InChI=1S/C16H23FN4O2/c1-12(2)18-16(23)19-15(22)11-20-7-9-21(10-8-20)14-5-3-13(17)4-6-14/h3-6,12H,7-11H2,1-2H3,(H2,18,19,22,23)/p+1. The minimum absolute atomic E-state index is 0.00518. The number of nitrogens with one attached hydrogen (secondary N) is 3. The van der Waals surface area contributed by atoms with E-state index in [2.05, 4.69) is 15.5 Å². The fourth-order valence-corrected chi connectivity index (χ4v) is 2.61. The van der Waals surface area contributed by atoms with Gasteiger partial charge in [-0.1, -0.05) is 0 Å². The molecule has 1 heterocycles. The van der Waals surface area contributed by atoms with E-state index in [-0.39, 0.29) is 24.3 Å². The Labute approximate surface area is 135 Å². The molecule has 3 amide bonds. The Morgan fingerprint density at radius 1 is 1.22 bits per heavy atom. The van der Waals surface area contributed by atoms with Crippen LogP contribution in [0.5, 0.6) is 0 Å². The van der Waals surface area contributed by atoms with Crippen molar-refractivity contribution in [1.82, 2.24) is 10.6 Å². The molecule has 0 spiro atoms. The summed E-state index contributed by atoms with van der Waals surface area (Å²) in [6, 6.07) is 5.99. The van der Waals surface area contributed by atoms with Gasteiger partial charge in [-0.3, -0.25) is 10.1 Å². The van der Waals surface area contributed by atoms with Crippen LogP contribution >= 0.6 is 0 Å². The van der Waals surface area contributed by atoms with Gasteiger partial charge in [0.15, 0.2) is 6.54 Å². The lowest BCUT2D eigenvalue weighted by molar-refractivity contribution is -0.892. The Hall–Kier alpha value is -2.15. The van der Waals surface area contributed by atoms with Crippen molar-refractivity contribution in [3.05, 3.63) is 30.1 Å². The van der Waals surface area contributed by atoms with E-state index in [1.165, 1.54) is 12.1 Å². The zero-order valence-corrected chi connectivity index (χ0v) is 13.6. The Bertz CT molecular complexity index is 540. The molecule has 3 N–H and O–H groups in total. The lowest BCUT2D eigenvalue weighted by Gasteiger charge is -2.33. The first-order valence-electron chi connectivity index (χ1n) is 7.88. The molecule has 0 atom stereocenters. The van der Waals surface area contributed by atoms with E-state index in [0.717, 1.165) is 36.8 Å². The van der Waals surface area contributed by atoms with E-state index >= 15 is 0 Å². The van der Waals surface area contributed by atoms with E-state index in [1.807, 2.05) is 13.8 Å². The Morgan fingerprint density at radius 2 is 1.83 bits per heavy atom. The maximum absolute atomic E-state index is 12.9. The van der Waals surface area contributed by atoms with Crippen LogP contribution in [-0.2, 0) is 4.79 Å². The smallest absolute Gasteiger partial charge is 0.321 e. The number of hydrogen-bond acceptors (Lipinski definition) is 3. The molecule has 0 radical (unpaired) electrons. The molecule has 1 fully saturated rings. The summed E-state index contributed by atoms with van der Waals surface area (Å²) in [4.78, 5) is 26.6. The minimum Gasteiger partial charge on any atom is -0.360 e. The van der Waals surface area contributed by atoms with Gasteiger partial charge in [0.05, 0.1) is 26.2 Å². The van der Waals surface area contributed by atoms with Crippen LogP contribution in [0.25, 0.3) is 0 Å². The van der Waals surface area contributed by atoms with Gasteiger partial charge in [-0.05, 0) is 38.1 Å². The van der Waals surface area contributed by atoms with Crippen LogP contribution in [0.4, 0.5) is 14.9 Å². The second-order valence-corrected chi connectivity index (χ2v) is 6.07. The van der Waals surface area contributed by atoms with Gasteiger partial charge in [0.2, 0.25) is 0 Å². The van der Waals surface area contributed by atoms with Gasteiger partial charge in [0.1, 0.15) is 5.82 Å². The van der Waals surface area contributed by atoms with Gasteiger partial charge >= 0.3 is 6.03 Å². The topological polar surface area (TPSA) is 65.9 Å². The molecule has 0 aromatic heterocycles. The van der Waals surface area contributed by atoms with Crippen LogP contribution in [-0.4, -0.2) is 50.7 Å². The van der Waals surface area contributed by atoms with Crippen LogP contribution < -0.4 is 20.4 Å². The van der Waals surface area contributed by atoms with Gasteiger partial charge < -0.3 is 15.1 Å². The largest absolute Gasteiger partial charge is 0.360 e. The molecule has 7 heteroatoms. The number of piperazine rings is 1. The summed E-state index contributed by atoms with van der Waals surface area (Å²) in [6.45, 7) is 7.16. The minimum atomic E-state index is -0.450. The molecule has 1 aromatic rings. The van der Waals surface area contributed by atoms with Crippen molar-refractivity contribution >= 4 is 17.6 Å². The number of carbonyl (C=O) groups is 2. The van der Waals surface area contributed by atoms with Crippen LogP contribution in [0, 0.1) is 5.82 Å². The molecule has 0 aliphatic carbocycles. The summed E-state index contributed by atoms with van der Waals surface area (Å²) in [5.41, 5.74) is 0.992. The number of imide groups is 1. The monoisotopic (exact) mass is 323 g/mol. The zero-order valence-electron chi connectivity index (χ0n) is 13.6. The van der Waals surface area contributed by atoms with Gasteiger partial charge in [0, 0.05) is 11.7 Å². The van der Waals surface area contributed by atoms with Crippen molar-refractivity contribution in [1.29, 1.82) is 0 Å². The molecular formula is C16H24FN4O2+. The van der Waals surface area contributed by atoms with Crippen molar-refractivity contribution in [2.75, 3.05) is 37.6 Å². The highest BCUT2D eigenvalue weighted by Gasteiger charge is 2.23. The third-order valence-corrected chi connectivity index (χ3v) is 3.75. The number of carbonyl (C=O) groups excluding carboxylic acids is 2. The second kappa shape index (κ2) is 7.92.